The van der Waals surface area contributed by atoms with Gasteiger partial charge in [-0.1, -0.05) is 11.6 Å². The summed E-state index contributed by atoms with van der Waals surface area (Å²) in [5, 5.41) is 24.0. The molecule has 0 bridgehead atoms. The molecular formula is C30H32N2O10. The van der Waals surface area contributed by atoms with Gasteiger partial charge in [-0.05, 0) is 76.1 Å². The van der Waals surface area contributed by atoms with E-state index in [0.29, 0.717) is 22.9 Å². The van der Waals surface area contributed by atoms with Crippen LogP contribution in [0.2, 0.25) is 0 Å². The predicted octanol–water partition coefficient (Wildman–Crippen LogP) is 4.01. The Hall–Kier alpha value is -4.97. The Kier molecular flexibility index (Phi) is 8.76. The van der Waals surface area contributed by atoms with E-state index in [4.69, 9.17) is 29.1 Å². The molecule has 2 aromatic carbocycles. The SMILES string of the molecule is COC1=C(C)OC(Oc2ccc3cc(NC(=O)c4ccc(O)c(CC=C(C)C)c4)c(=O)oc3c2C)[C@@H](O)[C@H]1OC(N)=O. The largest absolute Gasteiger partial charge is 0.508 e. The average molecular weight is 581 g/mol. The van der Waals surface area contributed by atoms with Gasteiger partial charge < -0.3 is 44.6 Å². The van der Waals surface area contributed by atoms with Crippen molar-refractivity contribution >= 4 is 28.7 Å². The van der Waals surface area contributed by atoms with Crippen molar-refractivity contribution in [1.29, 1.82) is 0 Å². The summed E-state index contributed by atoms with van der Waals surface area (Å²) < 4.78 is 27.3. The second kappa shape index (κ2) is 12.3. The molecule has 0 saturated heterocycles. The highest BCUT2D eigenvalue weighted by Crippen LogP contribution is 2.33. The Morgan fingerprint density at radius 3 is 2.55 bits per heavy atom. The molecule has 0 saturated carbocycles. The predicted molar refractivity (Wildman–Crippen MR) is 152 cm³/mol. The molecule has 1 aromatic heterocycles. The maximum absolute atomic E-state index is 12.9. The first-order chi connectivity index (χ1) is 19.9. The van der Waals surface area contributed by atoms with Gasteiger partial charge in [-0.2, -0.15) is 0 Å². The van der Waals surface area contributed by atoms with Gasteiger partial charge in [0.1, 0.15) is 28.5 Å². The van der Waals surface area contributed by atoms with Crippen LogP contribution in [0.4, 0.5) is 10.5 Å². The Bertz CT molecular complexity index is 1650. The molecule has 222 valence electrons. The number of aliphatic hydroxyl groups is 1. The zero-order valence-corrected chi connectivity index (χ0v) is 23.7. The standard InChI is InChI=1S/C30H32N2O10/c1-14(2)6-7-17-12-19(8-10-21(17)33)27(35)32-20-13-18-9-11-22(15(3)24(18)41-28(20)36)40-29-23(34)26(42-30(31)37)25(38-5)16(4)39-29/h6,8-13,23,26,29,33-34H,7H2,1-5H3,(H2,31,37)(H,32,35)/t23-,26+,29?/m0/s1. The van der Waals surface area contributed by atoms with Crippen molar-refractivity contribution in [2.75, 3.05) is 12.4 Å². The number of fused-ring (bicyclic) bond motifs is 1. The van der Waals surface area contributed by atoms with E-state index in [1.54, 1.807) is 32.0 Å². The fourth-order valence-corrected chi connectivity index (χ4v) is 4.45. The molecule has 12 nitrogen and oxygen atoms in total. The Morgan fingerprint density at radius 2 is 1.88 bits per heavy atom. The lowest BCUT2D eigenvalue weighted by atomic mass is 10.0. The van der Waals surface area contributed by atoms with Crippen molar-refractivity contribution in [3.05, 3.63) is 86.7 Å². The molecule has 1 unspecified atom stereocenters. The minimum Gasteiger partial charge on any atom is -0.508 e. The van der Waals surface area contributed by atoms with Crippen LogP contribution in [0.3, 0.4) is 0 Å². The van der Waals surface area contributed by atoms with Crippen LogP contribution in [0.15, 0.2) is 68.8 Å². The summed E-state index contributed by atoms with van der Waals surface area (Å²) in [6, 6.07) is 9.10. The van der Waals surface area contributed by atoms with Gasteiger partial charge in [0.25, 0.3) is 12.2 Å². The average Bonchev–Trinajstić information content (AvgIpc) is 2.93. The van der Waals surface area contributed by atoms with Crippen LogP contribution < -0.4 is 21.4 Å². The number of carbonyl (C=O) groups excluding carboxylic acids is 2. The number of aliphatic hydroxyl groups excluding tert-OH is 1. The van der Waals surface area contributed by atoms with E-state index >= 15 is 0 Å². The van der Waals surface area contributed by atoms with E-state index in [0.717, 1.165) is 5.57 Å². The van der Waals surface area contributed by atoms with Gasteiger partial charge in [0.2, 0.25) is 0 Å². The fourth-order valence-electron chi connectivity index (χ4n) is 4.45. The summed E-state index contributed by atoms with van der Waals surface area (Å²) in [5.41, 5.74) is 6.76. The zero-order valence-electron chi connectivity index (χ0n) is 23.7. The Balaban J connectivity index is 1.58. The minimum absolute atomic E-state index is 0.0650. The number of aromatic hydroxyl groups is 1. The van der Waals surface area contributed by atoms with Crippen LogP contribution >= 0.6 is 0 Å². The minimum atomic E-state index is -1.50. The van der Waals surface area contributed by atoms with Crippen LogP contribution in [0.25, 0.3) is 11.0 Å². The van der Waals surface area contributed by atoms with E-state index in [1.807, 2.05) is 19.9 Å². The molecule has 3 atom stereocenters. The molecule has 5 N–H and O–H groups in total. The molecule has 2 heterocycles. The normalized spacial score (nSPS) is 18.2. The third-order valence-electron chi connectivity index (χ3n) is 6.61. The molecule has 42 heavy (non-hydrogen) atoms. The van der Waals surface area contributed by atoms with Crippen LogP contribution in [0.1, 0.15) is 42.3 Å². The van der Waals surface area contributed by atoms with Crippen LogP contribution in [0.5, 0.6) is 11.5 Å². The molecule has 12 heteroatoms. The monoisotopic (exact) mass is 580 g/mol. The zero-order chi connectivity index (χ0) is 30.7. The number of phenols is 1. The van der Waals surface area contributed by atoms with Gasteiger partial charge in [-0.25, -0.2) is 9.59 Å². The summed E-state index contributed by atoms with van der Waals surface area (Å²) in [5.74, 6) is 0.0170. The second-order valence-electron chi connectivity index (χ2n) is 9.91. The van der Waals surface area contributed by atoms with Gasteiger partial charge in [0.05, 0.1) is 7.11 Å². The number of phenolic OH excluding ortho intramolecular Hbond substituents is 1. The number of methoxy groups -OCH3 is 1. The third kappa shape index (κ3) is 6.33. The van der Waals surface area contributed by atoms with Gasteiger partial charge in [-0.15, -0.1) is 0 Å². The lowest BCUT2D eigenvalue weighted by Crippen LogP contribution is -2.49. The smallest absolute Gasteiger partial charge is 0.405 e. The summed E-state index contributed by atoms with van der Waals surface area (Å²) in [6.45, 7) is 7.05. The maximum Gasteiger partial charge on any atom is 0.405 e. The van der Waals surface area contributed by atoms with Gasteiger partial charge in [0.15, 0.2) is 18.0 Å². The highest BCUT2D eigenvalue weighted by Gasteiger charge is 2.43. The number of ether oxygens (including phenoxy) is 4. The van der Waals surface area contributed by atoms with E-state index in [-0.39, 0.29) is 39.9 Å². The maximum atomic E-state index is 12.9. The number of hydrogen-bond donors (Lipinski definition) is 4. The van der Waals surface area contributed by atoms with Crippen LogP contribution in [0, 0.1) is 6.92 Å². The molecular weight excluding hydrogens is 548 g/mol. The molecule has 1 aliphatic heterocycles. The van der Waals surface area contributed by atoms with Gasteiger partial charge in [0, 0.05) is 16.5 Å². The number of carbonyl (C=O) groups is 2. The first-order valence-corrected chi connectivity index (χ1v) is 13.0. The number of allylic oxidation sites excluding steroid dienone is 3. The van der Waals surface area contributed by atoms with Crippen molar-refractivity contribution in [3.63, 3.8) is 0 Å². The highest BCUT2D eigenvalue weighted by atomic mass is 16.7. The lowest BCUT2D eigenvalue weighted by Gasteiger charge is -2.35. The molecule has 0 radical (unpaired) electrons. The number of nitrogens with two attached hydrogens (primary N) is 1. The first-order valence-electron chi connectivity index (χ1n) is 13.0. The molecule has 0 aliphatic carbocycles. The first kappa shape index (κ1) is 30.0. The number of rotatable bonds is 8. The molecule has 0 fully saturated rings. The molecule has 4 rings (SSSR count). The van der Waals surface area contributed by atoms with E-state index < -0.39 is 36.1 Å². The molecule has 3 aromatic rings. The van der Waals surface area contributed by atoms with Crippen molar-refractivity contribution in [1.82, 2.24) is 0 Å². The van der Waals surface area contributed by atoms with Crippen LogP contribution in [-0.4, -0.2) is 47.8 Å². The number of primary amides is 1. The summed E-state index contributed by atoms with van der Waals surface area (Å²) in [7, 11) is 1.33. The number of nitrogens with one attached hydrogen (secondary N) is 1. The van der Waals surface area contributed by atoms with Crippen molar-refractivity contribution in [3.8, 4) is 11.5 Å². The van der Waals surface area contributed by atoms with E-state index in [9.17, 15) is 24.6 Å². The second-order valence-corrected chi connectivity index (χ2v) is 9.91. The highest BCUT2D eigenvalue weighted by molar-refractivity contribution is 6.05. The summed E-state index contributed by atoms with van der Waals surface area (Å²) in [6.07, 6.45) is -2.84. The molecule has 2 amide bonds. The Labute approximate surface area is 240 Å². The number of aryl methyl sites for hydroxylation is 1. The number of hydrogen-bond acceptors (Lipinski definition) is 10. The van der Waals surface area contributed by atoms with Crippen molar-refractivity contribution < 1.29 is 43.2 Å². The summed E-state index contributed by atoms with van der Waals surface area (Å²) in [4.78, 5) is 37.2. The number of anilines is 1. The quantitative estimate of drug-likeness (QED) is 0.225. The number of benzene rings is 2. The molecule has 1 aliphatic rings. The topological polar surface area (TPSA) is 180 Å². The number of amides is 2. The van der Waals surface area contributed by atoms with Crippen molar-refractivity contribution in [2.24, 2.45) is 5.73 Å². The van der Waals surface area contributed by atoms with E-state index in [2.05, 4.69) is 5.32 Å². The van der Waals surface area contributed by atoms with E-state index in [1.165, 1.54) is 25.3 Å². The van der Waals surface area contributed by atoms with Crippen LogP contribution in [-0.2, 0) is 20.6 Å². The Morgan fingerprint density at radius 1 is 1.14 bits per heavy atom. The fraction of sp³-hybridized carbons (Fsp3) is 0.300. The summed E-state index contributed by atoms with van der Waals surface area (Å²) >= 11 is 0. The van der Waals surface area contributed by atoms with Crippen molar-refractivity contribution in [2.45, 2.75) is 52.6 Å². The van der Waals surface area contributed by atoms with Gasteiger partial charge >= 0.3 is 11.7 Å². The van der Waals surface area contributed by atoms with Gasteiger partial charge in [-0.3, -0.25) is 4.79 Å². The molecule has 0 spiro atoms. The third-order valence-corrected chi connectivity index (χ3v) is 6.61. The lowest BCUT2D eigenvalue weighted by molar-refractivity contribution is -0.174.